The summed E-state index contributed by atoms with van der Waals surface area (Å²) in [5, 5.41) is 9.54. The minimum Gasteiger partial charge on any atom is -0.354 e. The molecule has 1 fully saturated rings. The van der Waals surface area contributed by atoms with E-state index >= 15 is 0 Å². The van der Waals surface area contributed by atoms with Crippen molar-refractivity contribution in [2.75, 3.05) is 41.7 Å². The summed E-state index contributed by atoms with van der Waals surface area (Å²) < 4.78 is 0.845. The van der Waals surface area contributed by atoms with Gasteiger partial charge in [0.05, 0.1) is 11.3 Å². The van der Waals surface area contributed by atoms with Crippen molar-refractivity contribution >= 4 is 63.2 Å². The lowest BCUT2D eigenvalue weighted by Crippen LogP contribution is -2.43. The molecular formula is C23H21ClIN5O2. The van der Waals surface area contributed by atoms with Gasteiger partial charge in [-0.2, -0.15) is 0 Å². The van der Waals surface area contributed by atoms with E-state index in [0.29, 0.717) is 27.5 Å². The lowest BCUT2D eigenvalue weighted by atomic mass is 10.2. The van der Waals surface area contributed by atoms with Crippen molar-refractivity contribution < 1.29 is 9.59 Å². The van der Waals surface area contributed by atoms with Crippen LogP contribution >= 0.6 is 34.2 Å². The van der Waals surface area contributed by atoms with Gasteiger partial charge in [0.2, 0.25) is 0 Å². The third-order valence-corrected chi connectivity index (χ3v) is 6.19. The number of nitrogens with zero attached hydrogens (tertiary/aromatic N) is 2. The molecule has 32 heavy (non-hydrogen) atoms. The smallest absolute Gasteiger partial charge is 0.257 e. The summed E-state index contributed by atoms with van der Waals surface area (Å²) in [5.74, 6) is 0.322. The summed E-state index contributed by atoms with van der Waals surface area (Å²) in [7, 11) is 0. The third kappa shape index (κ3) is 5.56. The Kier molecular flexibility index (Phi) is 7.23. The first-order chi connectivity index (χ1) is 15.5. The van der Waals surface area contributed by atoms with Gasteiger partial charge >= 0.3 is 0 Å². The van der Waals surface area contributed by atoms with Crippen LogP contribution in [-0.4, -0.2) is 43.0 Å². The molecule has 2 amide bonds. The molecule has 4 rings (SSSR count). The van der Waals surface area contributed by atoms with Gasteiger partial charge in [-0.1, -0.05) is 17.7 Å². The van der Waals surface area contributed by atoms with E-state index in [1.54, 1.807) is 48.7 Å². The van der Waals surface area contributed by atoms with Crippen molar-refractivity contribution in [3.05, 3.63) is 80.5 Å². The van der Waals surface area contributed by atoms with Gasteiger partial charge in [0.15, 0.2) is 0 Å². The molecule has 0 bridgehead atoms. The van der Waals surface area contributed by atoms with E-state index in [1.807, 2.05) is 12.1 Å². The number of halogens is 2. The van der Waals surface area contributed by atoms with Crippen molar-refractivity contribution in [3.63, 3.8) is 0 Å². The molecule has 0 radical (unpaired) electrons. The Morgan fingerprint density at radius 2 is 1.75 bits per heavy atom. The van der Waals surface area contributed by atoms with Crippen LogP contribution in [-0.2, 0) is 0 Å². The predicted octanol–water partition coefficient (Wildman–Crippen LogP) is 4.25. The Bertz CT molecular complexity index is 1130. The number of hydrogen-bond donors (Lipinski definition) is 3. The molecule has 0 saturated carbocycles. The molecule has 1 saturated heterocycles. The van der Waals surface area contributed by atoms with Crippen LogP contribution < -0.4 is 20.9 Å². The minimum absolute atomic E-state index is 0.266. The van der Waals surface area contributed by atoms with Crippen molar-refractivity contribution in [3.8, 4) is 0 Å². The molecule has 9 heteroatoms. The molecule has 164 valence electrons. The number of carbonyl (C=O) groups excluding carboxylic acids is 2. The number of rotatable bonds is 5. The zero-order chi connectivity index (χ0) is 22.5. The lowest BCUT2D eigenvalue weighted by Gasteiger charge is -2.28. The molecular weight excluding hydrogens is 541 g/mol. The largest absolute Gasteiger partial charge is 0.354 e. The second-order valence-corrected chi connectivity index (χ2v) is 8.85. The van der Waals surface area contributed by atoms with E-state index in [1.165, 1.54) is 0 Å². The fourth-order valence-corrected chi connectivity index (χ4v) is 3.99. The molecule has 2 heterocycles. The van der Waals surface area contributed by atoms with Crippen LogP contribution in [0.15, 0.2) is 60.8 Å². The van der Waals surface area contributed by atoms with Gasteiger partial charge in [0, 0.05) is 52.2 Å². The van der Waals surface area contributed by atoms with Gasteiger partial charge in [-0.15, -0.1) is 0 Å². The maximum Gasteiger partial charge on any atom is 0.257 e. The van der Waals surface area contributed by atoms with Gasteiger partial charge in [-0.05, 0) is 71.1 Å². The van der Waals surface area contributed by atoms with Crippen molar-refractivity contribution in [1.82, 2.24) is 10.3 Å². The van der Waals surface area contributed by atoms with Crippen molar-refractivity contribution in [2.24, 2.45) is 0 Å². The lowest BCUT2D eigenvalue weighted by molar-refractivity contribution is 0.101. The fraction of sp³-hybridized carbons (Fsp3) is 0.174. The highest BCUT2D eigenvalue weighted by molar-refractivity contribution is 14.1. The Balaban J connectivity index is 1.44. The topological polar surface area (TPSA) is 86.4 Å². The first-order valence-corrected chi connectivity index (χ1v) is 11.5. The highest BCUT2D eigenvalue weighted by Crippen LogP contribution is 2.24. The first kappa shape index (κ1) is 22.5. The number of pyridine rings is 1. The average molecular weight is 562 g/mol. The standard InChI is InChI=1S/C23H21ClIN5O2/c24-17-3-1-2-15(12-17)22(31)29-20-13-18(5-6-19(20)25)28-23(32)16-4-7-21(27-14-16)30-10-8-26-9-11-30/h1-7,12-14,26H,8-11H2,(H,28,32)(H,29,31). The molecule has 1 aliphatic heterocycles. The highest BCUT2D eigenvalue weighted by atomic mass is 127. The van der Waals surface area contributed by atoms with E-state index in [-0.39, 0.29) is 11.8 Å². The van der Waals surface area contributed by atoms with Crippen LogP contribution in [0, 0.1) is 3.57 Å². The van der Waals surface area contributed by atoms with Crippen LogP contribution in [0.25, 0.3) is 0 Å². The number of nitrogens with one attached hydrogen (secondary N) is 3. The van der Waals surface area contributed by atoms with Crippen LogP contribution in [0.1, 0.15) is 20.7 Å². The monoisotopic (exact) mass is 561 g/mol. The van der Waals surface area contributed by atoms with Crippen molar-refractivity contribution in [1.29, 1.82) is 0 Å². The Hall–Kier alpha value is -2.69. The van der Waals surface area contributed by atoms with E-state index in [9.17, 15) is 9.59 Å². The maximum absolute atomic E-state index is 12.7. The third-order valence-electron chi connectivity index (χ3n) is 5.01. The Morgan fingerprint density at radius 1 is 0.969 bits per heavy atom. The summed E-state index contributed by atoms with van der Waals surface area (Å²) in [6.45, 7) is 3.63. The van der Waals surface area contributed by atoms with Gasteiger partial charge in [0.1, 0.15) is 5.82 Å². The van der Waals surface area contributed by atoms with Gasteiger partial charge < -0.3 is 20.9 Å². The minimum atomic E-state index is -0.276. The van der Waals surface area contributed by atoms with E-state index < -0.39 is 0 Å². The van der Waals surface area contributed by atoms with E-state index in [0.717, 1.165) is 35.6 Å². The summed E-state index contributed by atoms with van der Waals surface area (Å²) in [6.07, 6.45) is 1.58. The fourth-order valence-electron chi connectivity index (χ4n) is 3.33. The Labute approximate surface area is 204 Å². The first-order valence-electron chi connectivity index (χ1n) is 10.1. The van der Waals surface area contributed by atoms with Crippen LogP contribution in [0.3, 0.4) is 0 Å². The Morgan fingerprint density at radius 3 is 2.47 bits per heavy atom. The molecule has 0 unspecified atom stereocenters. The zero-order valence-corrected chi connectivity index (χ0v) is 20.0. The van der Waals surface area contributed by atoms with Crippen molar-refractivity contribution in [2.45, 2.75) is 0 Å². The summed E-state index contributed by atoms with van der Waals surface area (Å²) in [6, 6.07) is 15.7. The zero-order valence-electron chi connectivity index (χ0n) is 17.1. The summed E-state index contributed by atoms with van der Waals surface area (Å²) in [5.41, 5.74) is 2.09. The van der Waals surface area contributed by atoms with Gasteiger partial charge in [0.25, 0.3) is 11.8 Å². The van der Waals surface area contributed by atoms with Gasteiger partial charge in [-0.25, -0.2) is 4.98 Å². The number of aromatic nitrogens is 1. The molecule has 0 atom stereocenters. The summed E-state index contributed by atoms with van der Waals surface area (Å²) >= 11 is 8.11. The SMILES string of the molecule is O=C(Nc1ccc(I)c(NC(=O)c2cccc(Cl)c2)c1)c1ccc(N2CCNCC2)nc1. The maximum atomic E-state index is 12.7. The molecule has 3 N–H and O–H groups in total. The van der Waals surface area contributed by atoms with Crippen LogP contribution in [0.5, 0.6) is 0 Å². The molecule has 1 aliphatic rings. The molecule has 2 aromatic carbocycles. The number of hydrogen-bond acceptors (Lipinski definition) is 5. The summed E-state index contributed by atoms with van der Waals surface area (Å²) in [4.78, 5) is 31.9. The molecule has 7 nitrogen and oxygen atoms in total. The molecule has 3 aromatic rings. The van der Waals surface area contributed by atoms with Crippen LogP contribution in [0.2, 0.25) is 5.02 Å². The highest BCUT2D eigenvalue weighted by Gasteiger charge is 2.14. The molecule has 1 aromatic heterocycles. The quantitative estimate of drug-likeness (QED) is 0.406. The van der Waals surface area contributed by atoms with E-state index in [2.05, 4.69) is 48.4 Å². The normalized spacial score (nSPS) is 13.5. The van der Waals surface area contributed by atoms with Gasteiger partial charge in [-0.3, -0.25) is 9.59 Å². The number of carbonyl (C=O) groups is 2. The van der Waals surface area contributed by atoms with Crippen LogP contribution in [0.4, 0.5) is 17.2 Å². The number of anilines is 3. The number of amides is 2. The molecule has 0 spiro atoms. The molecule has 0 aliphatic carbocycles. The predicted molar refractivity (Wildman–Crippen MR) is 136 cm³/mol. The second kappa shape index (κ2) is 10.3. The number of piperazine rings is 1. The number of benzene rings is 2. The average Bonchev–Trinajstić information content (AvgIpc) is 2.82. The van der Waals surface area contributed by atoms with E-state index in [4.69, 9.17) is 11.6 Å². The second-order valence-electron chi connectivity index (χ2n) is 7.26.